The van der Waals surface area contributed by atoms with Gasteiger partial charge in [0.05, 0.1) is 0 Å². The summed E-state index contributed by atoms with van der Waals surface area (Å²) in [5, 5.41) is 3.30. The average molecular weight is 311 g/mol. The molecule has 1 saturated carbocycles. The molecule has 0 bridgehead atoms. The second kappa shape index (κ2) is 5.74. The van der Waals surface area contributed by atoms with Crippen molar-refractivity contribution in [1.29, 1.82) is 0 Å². The number of nitrogens with one attached hydrogen (secondary N) is 1. The van der Waals surface area contributed by atoms with Crippen LogP contribution in [0.1, 0.15) is 44.8 Å². The van der Waals surface area contributed by atoms with Gasteiger partial charge in [-0.05, 0) is 37.8 Å². The Bertz CT molecular complexity index is 604. The monoisotopic (exact) mass is 311 g/mol. The summed E-state index contributed by atoms with van der Waals surface area (Å²) in [5.74, 6) is 0.464. The highest BCUT2D eigenvalue weighted by Gasteiger charge is 2.33. The molecule has 6 heteroatoms. The van der Waals surface area contributed by atoms with Gasteiger partial charge in [0.2, 0.25) is 10.0 Å². The lowest BCUT2D eigenvalue weighted by molar-refractivity contribution is 0.464. The standard InChI is InChI=1S/C15H25N3O2S/c1-3-16-9-14-8-15(11-18(14)13-4-5-13)21(19,20)17-7-6-12(2)10-17/h8,11-13,16H,3-7,9-10H2,1-2H3. The first-order valence-corrected chi connectivity index (χ1v) is 9.38. The van der Waals surface area contributed by atoms with Gasteiger partial charge in [-0.2, -0.15) is 4.31 Å². The third-order valence-electron chi connectivity index (χ3n) is 4.43. The molecule has 1 aromatic rings. The first-order chi connectivity index (χ1) is 10.0. The van der Waals surface area contributed by atoms with Crippen LogP contribution >= 0.6 is 0 Å². The van der Waals surface area contributed by atoms with Gasteiger partial charge in [0, 0.05) is 37.6 Å². The first-order valence-electron chi connectivity index (χ1n) is 7.94. The summed E-state index contributed by atoms with van der Waals surface area (Å²) < 4.78 is 29.3. The maximum Gasteiger partial charge on any atom is 0.244 e. The Hall–Kier alpha value is -0.850. The van der Waals surface area contributed by atoms with Gasteiger partial charge < -0.3 is 9.88 Å². The van der Waals surface area contributed by atoms with Crippen LogP contribution in [-0.4, -0.2) is 36.9 Å². The molecular weight excluding hydrogens is 286 g/mol. The SMILES string of the molecule is CCNCc1cc(S(=O)(=O)N2CCC(C)C2)cn1C1CC1. The molecule has 0 amide bonds. The second-order valence-corrected chi connectivity index (χ2v) is 8.28. The minimum absolute atomic E-state index is 0.464. The zero-order valence-corrected chi connectivity index (χ0v) is 13.7. The van der Waals surface area contributed by atoms with E-state index < -0.39 is 10.0 Å². The molecule has 3 rings (SSSR count). The van der Waals surface area contributed by atoms with Crippen molar-refractivity contribution in [3.63, 3.8) is 0 Å². The zero-order chi connectivity index (χ0) is 15.0. The van der Waals surface area contributed by atoms with Gasteiger partial charge in [-0.25, -0.2) is 8.42 Å². The fraction of sp³-hybridized carbons (Fsp3) is 0.733. The molecule has 0 aromatic carbocycles. The summed E-state index contributed by atoms with van der Waals surface area (Å²) in [7, 11) is -3.32. The Labute approximate surface area is 127 Å². The number of rotatable bonds is 6. The smallest absolute Gasteiger partial charge is 0.244 e. The molecular formula is C15H25N3O2S. The lowest BCUT2D eigenvalue weighted by Gasteiger charge is -2.14. The van der Waals surface area contributed by atoms with Crippen LogP contribution in [0.2, 0.25) is 0 Å². The van der Waals surface area contributed by atoms with Crippen LogP contribution in [-0.2, 0) is 16.6 Å². The van der Waals surface area contributed by atoms with Gasteiger partial charge in [-0.15, -0.1) is 0 Å². The maximum absolute atomic E-state index is 12.8. The van der Waals surface area contributed by atoms with Crippen LogP contribution in [0, 0.1) is 5.92 Å². The van der Waals surface area contributed by atoms with Crippen molar-refractivity contribution in [2.75, 3.05) is 19.6 Å². The number of nitrogens with zero attached hydrogens (tertiary/aromatic N) is 2. The summed E-state index contributed by atoms with van der Waals surface area (Å²) in [6.07, 6.45) is 5.14. The number of hydrogen-bond acceptors (Lipinski definition) is 3. The minimum Gasteiger partial charge on any atom is -0.346 e. The van der Waals surface area contributed by atoms with E-state index in [2.05, 4.69) is 23.7 Å². The first kappa shape index (κ1) is 15.1. The Kier molecular flexibility index (Phi) is 4.12. The summed E-state index contributed by atoms with van der Waals surface area (Å²) in [5.41, 5.74) is 1.09. The topological polar surface area (TPSA) is 54.3 Å². The molecule has 1 aliphatic heterocycles. The van der Waals surface area contributed by atoms with Gasteiger partial charge in [-0.1, -0.05) is 13.8 Å². The highest BCUT2D eigenvalue weighted by Crippen LogP contribution is 2.38. The van der Waals surface area contributed by atoms with Gasteiger partial charge in [0.15, 0.2) is 0 Å². The van der Waals surface area contributed by atoms with Crippen LogP contribution in [0.5, 0.6) is 0 Å². The Morgan fingerprint density at radius 3 is 2.67 bits per heavy atom. The molecule has 21 heavy (non-hydrogen) atoms. The third kappa shape index (κ3) is 3.03. The quantitative estimate of drug-likeness (QED) is 0.874. The predicted octanol–water partition coefficient (Wildman–Crippen LogP) is 1.96. The van der Waals surface area contributed by atoms with E-state index >= 15 is 0 Å². The number of aromatic nitrogens is 1. The summed E-state index contributed by atoms with van der Waals surface area (Å²) in [4.78, 5) is 0.469. The fourth-order valence-electron chi connectivity index (χ4n) is 2.99. The van der Waals surface area contributed by atoms with Crippen LogP contribution in [0.25, 0.3) is 0 Å². The number of hydrogen-bond donors (Lipinski definition) is 1. The lowest BCUT2D eigenvalue weighted by atomic mass is 10.2. The van der Waals surface area contributed by atoms with Crippen molar-refractivity contribution in [2.45, 2.75) is 50.6 Å². The summed E-state index contributed by atoms with van der Waals surface area (Å²) >= 11 is 0. The molecule has 1 atom stereocenters. The van der Waals surface area contributed by atoms with Gasteiger partial charge >= 0.3 is 0 Å². The molecule has 2 aliphatic rings. The molecule has 1 N–H and O–H groups in total. The molecule has 1 saturated heterocycles. The van der Waals surface area contributed by atoms with Gasteiger partial charge in [0.1, 0.15) is 4.90 Å². The highest BCUT2D eigenvalue weighted by atomic mass is 32.2. The fourth-order valence-corrected chi connectivity index (χ4v) is 4.61. The molecule has 5 nitrogen and oxygen atoms in total. The molecule has 1 aromatic heterocycles. The van der Waals surface area contributed by atoms with Crippen molar-refractivity contribution in [3.05, 3.63) is 18.0 Å². The van der Waals surface area contributed by atoms with E-state index in [1.807, 2.05) is 12.3 Å². The molecule has 1 aliphatic carbocycles. The van der Waals surface area contributed by atoms with Crippen molar-refractivity contribution >= 4 is 10.0 Å². The zero-order valence-electron chi connectivity index (χ0n) is 12.9. The van der Waals surface area contributed by atoms with E-state index in [0.29, 0.717) is 29.9 Å². The summed E-state index contributed by atoms with van der Waals surface area (Å²) in [6, 6.07) is 2.36. The molecule has 1 unspecified atom stereocenters. The van der Waals surface area contributed by atoms with Crippen molar-refractivity contribution < 1.29 is 8.42 Å². The Morgan fingerprint density at radius 1 is 1.33 bits per heavy atom. The van der Waals surface area contributed by atoms with E-state index in [1.165, 1.54) is 0 Å². The Morgan fingerprint density at radius 2 is 2.10 bits per heavy atom. The van der Waals surface area contributed by atoms with E-state index in [1.54, 1.807) is 4.31 Å². The third-order valence-corrected chi connectivity index (χ3v) is 6.26. The van der Waals surface area contributed by atoms with Gasteiger partial charge in [0.25, 0.3) is 0 Å². The minimum atomic E-state index is -3.32. The van der Waals surface area contributed by atoms with Gasteiger partial charge in [-0.3, -0.25) is 0 Å². The van der Waals surface area contributed by atoms with Crippen LogP contribution < -0.4 is 5.32 Å². The Balaban J connectivity index is 1.87. The average Bonchev–Trinajstić information content (AvgIpc) is 3.04. The van der Waals surface area contributed by atoms with Crippen molar-refractivity contribution in [1.82, 2.24) is 14.2 Å². The normalized spacial score (nSPS) is 23.8. The summed E-state index contributed by atoms with van der Waals surface area (Å²) in [6.45, 7) is 7.11. The van der Waals surface area contributed by atoms with E-state index in [-0.39, 0.29) is 0 Å². The van der Waals surface area contributed by atoms with Crippen molar-refractivity contribution in [3.8, 4) is 0 Å². The molecule has 118 valence electrons. The van der Waals surface area contributed by atoms with E-state index in [0.717, 1.165) is 38.0 Å². The highest BCUT2D eigenvalue weighted by molar-refractivity contribution is 7.89. The maximum atomic E-state index is 12.8. The van der Waals surface area contributed by atoms with Crippen LogP contribution in [0.3, 0.4) is 0 Å². The van der Waals surface area contributed by atoms with E-state index in [9.17, 15) is 8.42 Å². The van der Waals surface area contributed by atoms with Crippen LogP contribution in [0.15, 0.2) is 17.2 Å². The molecule has 0 spiro atoms. The van der Waals surface area contributed by atoms with Crippen LogP contribution in [0.4, 0.5) is 0 Å². The lowest BCUT2D eigenvalue weighted by Crippen LogP contribution is -2.28. The van der Waals surface area contributed by atoms with Crippen molar-refractivity contribution in [2.24, 2.45) is 5.92 Å². The molecule has 0 radical (unpaired) electrons. The molecule has 2 heterocycles. The van der Waals surface area contributed by atoms with E-state index in [4.69, 9.17) is 0 Å². The predicted molar refractivity (Wildman–Crippen MR) is 82.6 cm³/mol. The number of sulfonamides is 1. The largest absolute Gasteiger partial charge is 0.346 e. The molecule has 2 fully saturated rings. The second-order valence-electron chi connectivity index (χ2n) is 6.34.